The van der Waals surface area contributed by atoms with Gasteiger partial charge < -0.3 is 4.74 Å². The van der Waals surface area contributed by atoms with E-state index in [-0.39, 0.29) is 6.61 Å². The number of alkyl halides is 3. The van der Waals surface area contributed by atoms with Crippen molar-refractivity contribution in [3.8, 4) is 11.3 Å². The topological polar surface area (TPSA) is 30.2 Å². The predicted molar refractivity (Wildman–Crippen MR) is 73.6 cm³/mol. The van der Waals surface area contributed by atoms with Crippen LogP contribution in [-0.4, -0.2) is 6.47 Å². The number of hydrogen-bond donors (Lipinski definition) is 0. The van der Waals surface area contributed by atoms with E-state index in [4.69, 9.17) is 4.74 Å². The third kappa shape index (κ3) is 3.44. The predicted octanol–water partition coefficient (Wildman–Crippen LogP) is 3.18. The zero-order chi connectivity index (χ0) is 16.3. The molecule has 1 heterocycles. The van der Waals surface area contributed by atoms with Gasteiger partial charge in [0.1, 0.15) is 19.2 Å². The normalized spacial score (nSPS) is 11.3. The molecule has 0 saturated heterocycles. The molecule has 1 aromatic carbocycles. The first-order valence-electron chi connectivity index (χ1n) is 6.55. The average Bonchev–Trinajstić information content (AvgIpc) is 2.45. The second-order valence-electron chi connectivity index (χ2n) is 4.97. The Morgan fingerprint density at radius 3 is 2.55 bits per heavy atom. The third-order valence-electron chi connectivity index (χ3n) is 3.36. The summed E-state index contributed by atoms with van der Waals surface area (Å²) in [4.78, 5) is 10.3. The molecule has 2 aromatic rings. The maximum absolute atomic E-state index is 12.7. The highest BCUT2D eigenvalue weighted by atomic mass is 19.4. The molecule has 0 aliphatic rings. The van der Waals surface area contributed by atoms with E-state index in [1.165, 1.54) is 10.6 Å². The van der Waals surface area contributed by atoms with Crippen molar-refractivity contribution >= 4 is 6.47 Å². The monoisotopic (exact) mass is 310 g/mol. The Labute approximate surface area is 126 Å². The maximum Gasteiger partial charge on any atom is 0.422 e. The van der Waals surface area contributed by atoms with E-state index < -0.39 is 11.7 Å². The number of benzene rings is 1. The number of hydrogen-bond acceptors (Lipinski definition) is 2. The number of ether oxygens (including phenoxy) is 1. The number of halogens is 3. The molecular weight excluding hydrogens is 295 g/mol. The van der Waals surface area contributed by atoms with Crippen LogP contribution in [-0.2, 0) is 29.4 Å². The van der Waals surface area contributed by atoms with Crippen LogP contribution in [0.4, 0.5) is 13.2 Å². The van der Waals surface area contributed by atoms with Crippen LogP contribution < -0.4 is 4.57 Å². The quantitative estimate of drug-likeness (QED) is 0.641. The van der Waals surface area contributed by atoms with Gasteiger partial charge in [-0.3, -0.25) is 4.79 Å². The molecule has 0 aliphatic heterocycles. The molecule has 22 heavy (non-hydrogen) atoms. The van der Waals surface area contributed by atoms with Crippen molar-refractivity contribution in [2.75, 3.05) is 0 Å². The molecule has 116 valence electrons. The Morgan fingerprint density at radius 1 is 1.23 bits per heavy atom. The average molecular weight is 310 g/mol. The summed E-state index contributed by atoms with van der Waals surface area (Å²) in [6.07, 6.45) is -3.31. The molecule has 1 aromatic heterocycles. The van der Waals surface area contributed by atoms with Gasteiger partial charge in [0.15, 0.2) is 6.20 Å². The number of pyridine rings is 1. The Kier molecular flexibility index (Phi) is 4.49. The van der Waals surface area contributed by atoms with Crippen LogP contribution in [0.2, 0.25) is 0 Å². The van der Waals surface area contributed by atoms with Crippen molar-refractivity contribution in [3.05, 3.63) is 53.2 Å². The number of aromatic nitrogens is 1. The van der Waals surface area contributed by atoms with E-state index in [2.05, 4.69) is 0 Å². The summed E-state index contributed by atoms with van der Waals surface area (Å²) < 4.78 is 44.3. The highest BCUT2D eigenvalue weighted by molar-refractivity contribution is 5.62. The van der Waals surface area contributed by atoms with Gasteiger partial charge in [-0.1, -0.05) is 12.1 Å². The Hall–Kier alpha value is -2.37. The number of carbonyl (C=O) groups is 1. The summed E-state index contributed by atoms with van der Waals surface area (Å²) in [6, 6.07) is 7.96. The first-order valence-corrected chi connectivity index (χ1v) is 6.55. The van der Waals surface area contributed by atoms with Crippen LogP contribution in [0.15, 0.2) is 36.5 Å². The summed E-state index contributed by atoms with van der Waals surface area (Å²) in [7, 11) is 1.57. The van der Waals surface area contributed by atoms with Crippen LogP contribution in [0.3, 0.4) is 0 Å². The smallest absolute Gasteiger partial charge is 0.422 e. The molecule has 0 atom stereocenters. The van der Waals surface area contributed by atoms with Gasteiger partial charge in [-0.05, 0) is 30.2 Å². The van der Waals surface area contributed by atoms with Crippen molar-refractivity contribution in [1.29, 1.82) is 0 Å². The van der Waals surface area contributed by atoms with Gasteiger partial charge >= 0.3 is 6.18 Å². The molecule has 0 aliphatic carbocycles. The maximum atomic E-state index is 12.7. The summed E-state index contributed by atoms with van der Waals surface area (Å²) in [5.41, 5.74) is 2.44. The molecule has 0 bridgehead atoms. The number of rotatable bonds is 4. The summed E-state index contributed by atoms with van der Waals surface area (Å²) in [6.45, 7) is 2.36. The number of carbonyl (C=O) groups excluding carboxylic acids is 1. The Bertz CT molecular complexity index is 696. The lowest BCUT2D eigenvalue weighted by Gasteiger charge is -2.09. The highest BCUT2D eigenvalue weighted by Gasteiger charge is 2.33. The van der Waals surface area contributed by atoms with Crippen LogP contribution in [0.1, 0.15) is 16.7 Å². The lowest BCUT2D eigenvalue weighted by Crippen LogP contribution is -2.32. The SMILES string of the molecule is Cc1ccc(COC=O)cc1-c1ccc(C(F)(F)F)c[n+]1C. The minimum absolute atomic E-state index is 0.126. The second-order valence-corrected chi connectivity index (χ2v) is 4.97. The van der Waals surface area contributed by atoms with Gasteiger partial charge in [-0.25, -0.2) is 4.57 Å². The van der Waals surface area contributed by atoms with E-state index in [1.54, 1.807) is 13.1 Å². The van der Waals surface area contributed by atoms with E-state index in [9.17, 15) is 18.0 Å². The molecule has 0 N–H and O–H groups in total. The Balaban J connectivity index is 2.45. The van der Waals surface area contributed by atoms with Crippen LogP contribution in [0, 0.1) is 6.92 Å². The fourth-order valence-electron chi connectivity index (χ4n) is 2.22. The summed E-state index contributed by atoms with van der Waals surface area (Å²) >= 11 is 0. The minimum Gasteiger partial charge on any atom is -0.463 e. The Morgan fingerprint density at radius 2 is 1.95 bits per heavy atom. The van der Waals surface area contributed by atoms with Gasteiger partial charge in [0.25, 0.3) is 6.47 Å². The lowest BCUT2D eigenvalue weighted by atomic mass is 10.0. The molecule has 6 heteroatoms. The number of aryl methyl sites for hydroxylation is 2. The summed E-state index contributed by atoms with van der Waals surface area (Å²) in [5.74, 6) is 0. The first kappa shape index (κ1) is 16.0. The molecule has 2 rings (SSSR count). The fraction of sp³-hybridized carbons (Fsp3) is 0.250. The molecule has 0 fully saturated rings. The molecular formula is C16H15F3NO2+. The van der Waals surface area contributed by atoms with Gasteiger partial charge in [0, 0.05) is 11.6 Å². The van der Waals surface area contributed by atoms with E-state index >= 15 is 0 Å². The lowest BCUT2D eigenvalue weighted by molar-refractivity contribution is -0.661. The van der Waals surface area contributed by atoms with Crippen molar-refractivity contribution in [2.45, 2.75) is 19.7 Å². The zero-order valence-corrected chi connectivity index (χ0v) is 12.1. The minimum atomic E-state index is -4.37. The fourth-order valence-corrected chi connectivity index (χ4v) is 2.22. The van der Waals surface area contributed by atoms with Gasteiger partial charge in [-0.2, -0.15) is 13.2 Å². The largest absolute Gasteiger partial charge is 0.463 e. The molecule has 0 radical (unpaired) electrons. The first-order chi connectivity index (χ1) is 10.3. The van der Waals surface area contributed by atoms with Crippen LogP contribution in [0.25, 0.3) is 11.3 Å². The highest BCUT2D eigenvalue weighted by Crippen LogP contribution is 2.30. The number of nitrogens with zero attached hydrogens (tertiary/aromatic N) is 1. The van der Waals surface area contributed by atoms with Crippen molar-refractivity contribution in [1.82, 2.24) is 0 Å². The van der Waals surface area contributed by atoms with Crippen LogP contribution in [0.5, 0.6) is 0 Å². The second kappa shape index (κ2) is 6.17. The standard InChI is InChI=1S/C16H15F3NO2/c1-11-3-4-12(9-22-10-21)7-14(11)15-6-5-13(8-20(15)2)16(17,18)19/h3-8,10H,9H2,1-2H3/q+1. The third-order valence-corrected chi connectivity index (χ3v) is 3.36. The van der Waals surface area contributed by atoms with Gasteiger partial charge in [-0.15, -0.1) is 0 Å². The van der Waals surface area contributed by atoms with Crippen molar-refractivity contribution in [3.63, 3.8) is 0 Å². The zero-order valence-electron chi connectivity index (χ0n) is 12.1. The molecule has 0 amide bonds. The van der Waals surface area contributed by atoms with Gasteiger partial charge in [0.2, 0.25) is 5.69 Å². The van der Waals surface area contributed by atoms with E-state index in [0.29, 0.717) is 12.2 Å². The molecule has 3 nitrogen and oxygen atoms in total. The van der Waals surface area contributed by atoms with Crippen LogP contribution >= 0.6 is 0 Å². The van der Waals surface area contributed by atoms with Crippen molar-refractivity contribution in [2.24, 2.45) is 7.05 Å². The van der Waals surface area contributed by atoms with E-state index in [0.717, 1.165) is 29.0 Å². The van der Waals surface area contributed by atoms with Crippen molar-refractivity contribution < 1.29 is 27.3 Å². The van der Waals surface area contributed by atoms with Gasteiger partial charge in [0.05, 0.1) is 0 Å². The van der Waals surface area contributed by atoms with E-state index in [1.807, 2.05) is 19.1 Å². The summed E-state index contributed by atoms with van der Waals surface area (Å²) in [5, 5.41) is 0. The molecule has 0 unspecified atom stereocenters. The molecule has 0 spiro atoms. The molecule has 0 saturated carbocycles.